The second-order valence-corrected chi connectivity index (χ2v) is 17.3. The van der Waals surface area contributed by atoms with Crippen LogP contribution in [-0.4, -0.2) is 38.9 Å². The molecule has 1 fully saturated rings. The van der Waals surface area contributed by atoms with E-state index in [2.05, 4.69) is 56.3 Å². The topological polar surface area (TPSA) is 74.5 Å². The molecule has 0 spiro atoms. The number of nitrogens with two attached hydrogens (primary N) is 1. The Balaban J connectivity index is 1.15. The molecule has 2 aliphatic heterocycles. The van der Waals surface area contributed by atoms with Crippen LogP contribution in [0.5, 0.6) is 0 Å². The molecule has 0 bridgehead atoms. The number of halogens is 2. The van der Waals surface area contributed by atoms with Gasteiger partial charge >= 0.3 is 157 Å². The van der Waals surface area contributed by atoms with E-state index in [1.165, 1.54) is 65.2 Å². The SMILES string of the molecule is CC(CCCCc1c[nH]c2ccccc12)CC1CCN(C2=I[I-]C=C(C(N)=O)C=N2)CC1. The quantitative estimate of drug-likeness (QED) is 0.320. The number of hydrogen-bond donors (Lipinski definition) is 2. The number of carbonyl (C=O) groups is 1. The van der Waals surface area contributed by atoms with Gasteiger partial charge in [-0.25, -0.2) is 0 Å². The van der Waals surface area contributed by atoms with Crippen molar-refractivity contribution in [3.63, 3.8) is 0 Å². The predicted octanol–water partition coefficient (Wildman–Crippen LogP) is 2.13. The van der Waals surface area contributed by atoms with E-state index in [4.69, 9.17) is 5.73 Å². The predicted molar refractivity (Wildman–Crippen MR) is 139 cm³/mol. The van der Waals surface area contributed by atoms with Crippen LogP contribution >= 0.6 is 16.8 Å². The van der Waals surface area contributed by atoms with Crippen LogP contribution in [0.15, 0.2) is 45.1 Å². The van der Waals surface area contributed by atoms with Crippen molar-refractivity contribution in [2.24, 2.45) is 22.6 Å². The molecule has 5 nitrogen and oxygen atoms in total. The number of hydrogen-bond acceptors (Lipinski definition) is 3. The van der Waals surface area contributed by atoms with E-state index >= 15 is 0 Å². The van der Waals surface area contributed by atoms with E-state index in [0.717, 1.165) is 24.9 Å². The van der Waals surface area contributed by atoms with Crippen LogP contribution in [0.1, 0.15) is 51.0 Å². The van der Waals surface area contributed by atoms with Crippen molar-refractivity contribution in [3.8, 4) is 0 Å². The number of aliphatic imine (C=N–C) groups is 1. The number of unbranched alkanes of at least 4 members (excludes halogenated alkanes) is 1. The fraction of sp³-hybridized carbons (Fsp3) is 0.480. The molecule has 1 atom stereocenters. The van der Waals surface area contributed by atoms with Gasteiger partial charge in [-0.2, -0.15) is 0 Å². The first kappa shape index (κ1) is 24.1. The van der Waals surface area contributed by atoms with E-state index in [1.807, 2.05) is 0 Å². The van der Waals surface area contributed by atoms with Gasteiger partial charge in [0, 0.05) is 17.1 Å². The molecule has 4 rings (SSSR count). The minimum atomic E-state index is -0.340. The zero-order valence-corrected chi connectivity index (χ0v) is 23.0. The fourth-order valence-electron chi connectivity index (χ4n) is 4.70. The molecule has 32 heavy (non-hydrogen) atoms. The van der Waals surface area contributed by atoms with Gasteiger partial charge in [0.15, 0.2) is 0 Å². The second kappa shape index (κ2) is 11.9. The van der Waals surface area contributed by atoms with Gasteiger partial charge in [-0.1, -0.05) is 18.2 Å². The number of nitrogens with zero attached hydrogens (tertiary/aromatic N) is 2. The number of carbonyl (C=O) groups excluding carboxylic acids is 1. The van der Waals surface area contributed by atoms with Crippen LogP contribution in [0.25, 0.3) is 10.9 Å². The average Bonchev–Trinajstić information content (AvgIpc) is 3.04. The van der Waals surface area contributed by atoms with Crippen LogP contribution in [-0.2, 0) is 11.2 Å². The summed E-state index contributed by atoms with van der Waals surface area (Å²) in [7, 11) is 0. The number of primary amides is 1. The summed E-state index contributed by atoms with van der Waals surface area (Å²) in [5, 5.41) is 1.38. The monoisotopic (exact) mass is 659 g/mol. The summed E-state index contributed by atoms with van der Waals surface area (Å²) in [5.41, 5.74) is 8.75. The molecule has 1 aromatic carbocycles. The van der Waals surface area contributed by atoms with E-state index in [1.54, 1.807) is 6.21 Å². The van der Waals surface area contributed by atoms with Crippen LogP contribution in [0.2, 0.25) is 0 Å². The van der Waals surface area contributed by atoms with Crippen molar-refractivity contribution in [2.45, 2.75) is 51.9 Å². The molecule has 174 valence electrons. The first-order valence-corrected chi connectivity index (χ1v) is 20.2. The molecule has 1 amide bonds. The van der Waals surface area contributed by atoms with Crippen molar-refractivity contribution >= 4 is 43.5 Å². The second-order valence-electron chi connectivity index (χ2n) is 8.99. The van der Waals surface area contributed by atoms with Crippen molar-refractivity contribution in [1.29, 1.82) is 0 Å². The molecule has 2 aromatic rings. The summed E-state index contributed by atoms with van der Waals surface area (Å²) < 4.78 is 3.34. The number of para-hydroxylation sites is 1. The number of benzene rings is 1. The van der Waals surface area contributed by atoms with Crippen molar-refractivity contribution in [3.05, 3.63) is 45.7 Å². The summed E-state index contributed by atoms with van der Waals surface area (Å²) >= 11 is -0.130. The Morgan fingerprint density at radius 3 is 2.94 bits per heavy atom. The Morgan fingerprint density at radius 2 is 2.12 bits per heavy atom. The third-order valence-corrected chi connectivity index (χ3v) is 14.6. The molecule has 3 N–H and O–H groups in total. The Morgan fingerprint density at radius 1 is 1.31 bits per heavy atom. The Hall–Kier alpha value is -1.07. The first-order chi connectivity index (χ1) is 15.6. The summed E-state index contributed by atoms with van der Waals surface area (Å²) in [4.78, 5) is 21.9. The molecular weight excluding hydrogens is 626 g/mol. The van der Waals surface area contributed by atoms with Crippen molar-refractivity contribution in [2.75, 3.05) is 13.1 Å². The number of nitrogens with one attached hydrogen (secondary N) is 1. The first-order valence-electron chi connectivity index (χ1n) is 11.6. The van der Waals surface area contributed by atoms with Crippen LogP contribution in [0.4, 0.5) is 0 Å². The molecule has 0 aliphatic carbocycles. The normalized spacial score (nSPS) is 19.4. The van der Waals surface area contributed by atoms with Gasteiger partial charge in [0.1, 0.15) is 0 Å². The maximum absolute atomic E-state index is 11.4. The standard InChI is InChI=1S/C25H33I2N4O/c1-18(6-2-3-7-20-16-29-23-9-5-4-8-22(20)23)14-19-10-12-31(13-11-19)25-27-26-15-21(17-30-25)24(28)32/h4-5,8-9,15-19,29H,2-3,6-7,10-14H2,1H3,(H2,28,32)/q-1. The molecule has 7 heteroatoms. The van der Waals surface area contributed by atoms with Gasteiger partial charge in [-0.3, -0.25) is 0 Å². The third kappa shape index (κ3) is 6.50. The Kier molecular flexibility index (Phi) is 8.93. The number of amides is 1. The summed E-state index contributed by atoms with van der Waals surface area (Å²) in [6.45, 7) is 4.69. The number of piperidine rings is 1. The van der Waals surface area contributed by atoms with Gasteiger partial charge in [-0.15, -0.1) is 0 Å². The third-order valence-electron chi connectivity index (χ3n) is 6.54. The van der Waals surface area contributed by atoms with Gasteiger partial charge in [-0.05, 0) is 11.6 Å². The molecule has 1 aromatic heterocycles. The summed E-state index contributed by atoms with van der Waals surface area (Å²) in [6.07, 6.45) is 12.9. The van der Waals surface area contributed by atoms with E-state index in [0.29, 0.717) is 5.57 Å². The van der Waals surface area contributed by atoms with Crippen molar-refractivity contribution < 1.29 is 22.0 Å². The minimum absolute atomic E-state index is 0.0582. The molecule has 1 unspecified atom stereocenters. The molecule has 1 saturated heterocycles. The fourth-order valence-corrected chi connectivity index (χ4v) is 13.1. The Bertz CT molecular complexity index is 1020. The molecule has 0 radical (unpaired) electrons. The summed E-state index contributed by atoms with van der Waals surface area (Å²) in [5.74, 6) is 1.31. The zero-order valence-electron chi connectivity index (χ0n) is 18.7. The van der Waals surface area contributed by atoms with Crippen LogP contribution in [0.3, 0.4) is 0 Å². The summed E-state index contributed by atoms with van der Waals surface area (Å²) in [6, 6.07) is 8.61. The average molecular weight is 659 g/mol. The van der Waals surface area contributed by atoms with Gasteiger partial charge in [0.25, 0.3) is 0 Å². The number of likely N-dealkylation sites (tertiary alicyclic amines) is 1. The van der Waals surface area contributed by atoms with E-state index in [-0.39, 0.29) is 39.9 Å². The molecular formula is C25H33I2N4O-. The number of rotatable bonds is 9. The van der Waals surface area contributed by atoms with Gasteiger partial charge in [0.05, 0.1) is 0 Å². The van der Waals surface area contributed by atoms with Gasteiger partial charge in [0.2, 0.25) is 0 Å². The van der Waals surface area contributed by atoms with Crippen LogP contribution < -0.4 is 23.0 Å². The number of H-pyrrole nitrogens is 1. The molecule has 0 saturated carbocycles. The maximum atomic E-state index is 11.4. The number of fused-ring (bicyclic) bond motifs is 1. The van der Waals surface area contributed by atoms with E-state index < -0.39 is 0 Å². The number of aryl methyl sites for hydroxylation is 1. The van der Waals surface area contributed by atoms with Crippen molar-refractivity contribution in [1.82, 2.24) is 9.88 Å². The molecule has 3 heterocycles. The zero-order chi connectivity index (χ0) is 22.3. The van der Waals surface area contributed by atoms with Gasteiger partial charge < -0.3 is 4.98 Å². The number of aromatic nitrogens is 1. The molecule has 2 aliphatic rings. The Labute approximate surface area is 207 Å². The van der Waals surface area contributed by atoms with Crippen LogP contribution in [0, 0.1) is 11.8 Å². The van der Waals surface area contributed by atoms with E-state index in [9.17, 15) is 4.79 Å². The number of aromatic amines is 1.